The fourth-order valence-electron chi connectivity index (χ4n) is 1.37. The summed E-state index contributed by atoms with van der Waals surface area (Å²) in [6.07, 6.45) is 11.0. The zero-order chi connectivity index (χ0) is 8.81. The lowest BCUT2D eigenvalue weighted by Crippen LogP contribution is -2.01. The van der Waals surface area contributed by atoms with Gasteiger partial charge in [0.25, 0.3) is 0 Å². The van der Waals surface area contributed by atoms with E-state index in [2.05, 4.69) is 23.4 Å². The van der Waals surface area contributed by atoms with Gasteiger partial charge in [0.2, 0.25) is 0 Å². The monoisotopic (exact) mass is 246 g/mol. The van der Waals surface area contributed by atoms with Crippen LogP contribution in [0.15, 0.2) is 18.7 Å². The Kier molecular flexibility index (Phi) is 6.96. The number of rotatable bonds is 5. The van der Waals surface area contributed by atoms with E-state index in [9.17, 15) is 0 Å². The Bertz CT molecular complexity index is 197. The normalized spacial score (nSPS) is 12.2. The zero-order valence-electron chi connectivity index (χ0n) is 8.44. The molecular weight excluding hydrogens is 228 g/mol. The molecule has 13 heavy (non-hydrogen) atoms. The van der Waals surface area contributed by atoms with Crippen molar-refractivity contribution >= 4 is 17.0 Å². The summed E-state index contributed by atoms with van der Waals surface area (Å²) < 4.78 is 2.18. The van der Waals surface area contributed by atoms with Gasteiger partial charge in [0, 0.05) is 18.4 Å². The van der Waals surface area contributed by atoms with E-state index < -0.39 is 0 Å². The summed E-state index contributed by atoms with van der Waals surface area (Å²) in [6.45, 7) is 4.49. The first-order chi connectivity index (χ1) is 5.84. The highest BCUT2D eigenvalue weighted by Crippen LogP contribution is 2.13. The van der Waals surface area contributed by atoms with Crippen molar-refractivity contribution < 1.29 is 0 Å². The lowest BCUT2D eigenvalue weighted by Gasteiger charge is -2.11. The van der Waals surface area contributed by atoms with Crippen LogP contribution in [0.3, 0.4) is 0 Å². The molecule has 1 rings (SSSR count). The molecule has 0 saturated heterocycles. The van der Waals surface area contributed by atoms with Gasteiger partial charge in [-0.1, -0.05) is 26.2 Å². The molecule has 0 saturated carbocycles. The van der Waals surface area contributed by atoms with Crippen molar-refractivity contribution in [3.8, 4) is 0 Å². The van der Waals surface area contributed by atoms with E-state index in [0.29, 0.717) is 6.04 Å². The molecule has 0 N–H and O–H groups in total. The van der Waals surface area contributed by atoms with Crippen molar-refractivity contribution in [3.63, 3.8) is 0 Å². The number of halogens is 1. The molecule has 0 aliphatic rings. The molecule has 1 aromatic rings. The van der Waals surface area contributed by atoms with Crippen molar-refractivity contribution in [2.24, 2.45) is 0 Å². The summed E-state index contributed by atoms with van der Waals surface area (Å²) in [5.41, 5.74) is 0. The summed E-state index contributed by atoms with van der Waals surface area (Å²) in [5, 5.41) is 0. The first-order valence-corrected chi connectivity index (χ1v) is 4.82. The van der Waals surface area contributed by atoms with Crippen LogP contribution in [-0.2, 0) is 0 Å². The SMILES string of the molecule is Br.CCCCCC(C)n1ccnc1. The molecule has 0 radical (unpaired) electrons. The molecule has 0 spiro atoms. The minimum absolute atomic E-state index is 0. The third kappa shape index (κ3) is 4.46. The molecule has 3 heteroatoms. The molecular formula is C10H19BrN2. The van der Waals surface area contributed by atoms with Crippen LogP contribution in [0.4, 0.5) is 0 Å². The van der Waals surface area contributed by atoms with Crippen LogP contribution in [0.25, 0.3) is 0 Å². The van der Waals surface area contributed by atoms with Crippen molar-refractivity contribution in [3.05, 3.63) is 18.7 Å². The predicted octanol–water partition coefficient (Wildman–Crippen LogP) is 3.60. The largest absolute Gasteiger partial charge is 0.335 e. The highest BCUT2D eigenvalue weighted by molar-refractivity contribution is 8.93. The van der Waals surface area contributed by atoms with Crippen LogP contribution in [0.1, 0.15) is 45.6 Å². The van der Waals surface area contributed by atoms with E-state index >= 15 is 0 Å². The first kappa shape index (κ1) is 12.7. The van der Waals surface area contributed by atoms with E-state index in [-0.39, 0.29) is 17.0 Å². The molecule has 1 aromatic heterocycles. The smallest absolute Gasteiger partial charge is 0.0948 e. The first-order valence-electron chi connectivity index (χ1n) is 4.82. The van der Waals surface area contributed by atoms with Gasteiger partial charge in [0.1, 0.15) is 0 Å². The van der Waals surface area contributed by atoms with Crippen molar-refractivity contribution in [2.75, 3.05) is 0 Å². The summed E-state index contributed by atoms with van der Waals surface area (Å²) in [5.74, 6) is 0. The Hall–Kier alpha value is -0.310. The topological polar surface area (TPSA) is 17.8 Å². The molecule has 1 heterocycles. The van der Waals surface area contributed by atoms with Crippen molar-refractivity contribution in [1.82, 2.24) is 9.55 Å². The Morgan fingerprint density at radius 1 is 1.38 bits per heavy atom. The van der Waals surface area contributed by atoms with Crippen LogP contribution in [0, 0.1) is 0 Å². The Morgan fingerprint density at radius 2 is 2.15 bits per heavy atom. The second-order valence-electron chi connectivity index (χ2n) is 3.35. The third-order valence-corrected chi connectivity index (χ3v) is 2.26. The van der Waals surface area contributed by atoms with Gasteiger partial charge in [-0.2, -0.15) is 0 Å². The average Bonchev–Trinajstić information content (AvgIpc) is 2.56. The lowest BCUT2D eigenvalue weighted by atomic mass is 10.1. The number of nitrogens with zero attached hydrogens (tertiary/aromatic N) is 2. The predicted molar refractivity (Wildman–Crippen MR) is 61.4 cm³/mol. The standard InChI is InChI=1S/C10H18N2.BrH/c1-3-4-5-6-10(2)12-8-7-11-9-12;/h7-10H,3-6H2,1-2H3;1H. The summed E-state index contributed by atoms with van der Waals surface area (Å²) in [4.78, 5) is 4.03. The fraction of sp³-hybridized carbons (Fsp3) is 0.700. The van der Waals surface area contributed by atoms with Gasteiger partial charge in [-0.25, -0.2) is 4.98 Å². The van der Waals surface area contributed by atoms with Crippen molar-refractivity contribution in [2.45, 2.75) is 45.6 Å². The minimum Gasteiger partial charge on any atom is -0.335 e. The number of unbranched alkanes of at least 4 members (excludes halogenated alkanes) is 2. The van der Waals surface area contributed by atoms with Crippen LogP contribution >= 0.6 is 17.0 Å². The van der Waals surface area contributed by atoms with Crippen molar-refractivity contribution in [1.29, 1.82) is 0 Å². The molecule has 0 bridgehead atoms. The van der Waals surface area contributed by atoms with Crippen LogP contribution in [0.2, 0.25) is 0 Å². The van der Waals surface area contributed by atoms with Crippen LogP contribution < -0.4 is 0 Å². The molecule has 2 nitrogen and oxygen atoms in total. The second kappa shape index (κ2) is 7.13. The van der Waals surface area contributed by atoms with Gasteiger partial charge >= 0.3 is 0 Å². The number of imidazole rings is 1. The van der Waals surface area contributed by atoms with Gasteiger partial charge in [-0.15, -0.1) is 17.0 Å². The third-order valence-electron chi connectivity index (χ3n) is 2.26. The molecule has 0 aliphatic carbocycles. The molecule has 0 aromatic carbocycles. The van der Waals surface area contributed by atoms with E-state index in [1.54, 1.807) is 0 Å². The van der Waals surface area contributed by atoms with Crippen LogP contribution in [-0.4, -0.2) is 9.55 Å². The number of hydrogen-bond acceptors (Lipinski definition) is 1. The lowest BCUT2D eigenvalue weighted by molar-refractivity contribution is 0.477. The maximum atomic E-state index is 4.03. The minimum atomic E-state index is 0. The highest BCUT2D eigenvalue weighted by Gasteiger charge is 2.01. The Morgan fingerprint density at radius 3 is 2.69 bits per heavy atom. The average molecular weight is 247 g/mol. The van der Waals surface area contributed by atoms with E-state index in [4.69, 9.17) is 0 Å². The van der Waals surface area contributed by atoms with E-state index in [0.717, 1.165) is 0 Å². The van der Waals surface area contributed by atoms with E-state index in [1.807, 2.05) is 18.7 Å². The quantitative estimate of drug-likeness (QED) is 0.727. The molecule has 1 atom stereocenters. The molecule has 1 unspecified atom stereocenters. The Balaban J connectivity index is 0.00000144. The highest BCUT2D eigenvalue weighted by atomic mass is 79.9. The van der Waals surface area contributed by atoms with Crippen LogP contribution in [0.5, 0.6) is 0 Å². The number of aromatic nitrogens is 2. The summed E-state index contributed by atoms with van der Waals surface area (Å²) in [7, 11) is 0. The van der Waals surface area contributed by atoms with Gasteiger partial charge in [-0.3, -0.25) is 0 Å². The summed E-state index contributed by atoms with van der Waals surface area (Å²) in [6, 6.07) is 0.610. The van der Waals surface area contributed by atoms with Gasteiger partial charge < -0.3 is 4.57 Å². The molecule has 0 amide bonds. The van der Waals surface area contributed by atoms with Gasteiger partial charge in [-0.05, 0) is 13.3 Å². The second-order valence-corrected chi connectivity index (χ2v) is 3.35. The maximum absolute atomic E-state index is 4.03. The fourth-order valence-corrected chi connectivity index (χ4v) is 1.37. The number of hydrogen-bond donors (Lipinski definition) is 0. The zero-order valence-corrected chi connectivity index (χ0v) is 10.2. The van der Waals surface area contributed by atoms with E-state index in [1.165, 1.54) is 25.7 Å². The Labute approximate surface area is 91.1 Å². The maximum Gasteiger partial charge on any atom is 0.0948 e. The molecule has 0 fully saturated rings. The van der Waals surface area contributed by atoms with Gasteiger partial charge in [0.05, 0.1) is 6.33 Å². The van der Waals surface area contributed by atoms with Gasteiger partial charge in [0.15, 0.2) is 0 Å². The molecule has 76 valence electrons. The summed E-state index contributed by atoms with van der Waals surface area (Å²) >= 11 is 0. The molecule has 0 aliphatic heterocycles.